The first-order chi connectivity index (χ1) is 9.79. The summed E-state index contributed by atoms with van der Waals surface area (Å²) in [5, 5.41) is 8.74. The molecule has 0 unspecified atom stereocenters. The van der Waals surface area contributed by atoms with Crippen LogP contribution in [0.25, 0.3) is 0 Å². The second kappa shape index (κ2) is 8.05. The molecule has 0 saturated carbocycles. The van der Waals surface area contributed by atoms with Gasteiger partial charge in [0.15, 0.2) is 0 Å². The smallest absolute Gasteiger partial charge is 0.222 e. The van der Waals surface area contributed by atoms with Crippen LogP contribution in [0.2, 0.25) is 0 Å². The monoisotopic (exact) mass is 275 g/mol. The Labute approximate surface area is 121 Å². The Kier molecular flexibility index (Phi) is 6.06. The van der Waals surface area contributed by atoms with E-state index in [-0.39, 0.29) is 12.5 Å². The molecule has 1 heterocycles. The Bertz CT molecular complexity index is 397. The molecule has 1 aliphatic rings. The predicted molar refractivity (Wildman–Crippen MR) is 80.4 cm³/mol. The number of aliphatic hydroxyl groups is 1. The van der Waals surface area contributed by atoms with Gasteiger partial charge in [-0.15, -0.1) is 0 Å². The van der Waals surface area contributed by atoms with Crippen molar-refractivity contribution in [3.63, 3.8) is 0 Å². The molecule has 0 radical (unpaired) electrons. The van der Waals surface area contributed by atoms with Gasteiger partial charge in [-0.1, -0.05) is 30.3 Å². The minimum atomic E-state index is 0.187. The number of benzene rings is 1. The molecule has 3 nitrogen and oxygen atoms in total. The zero-order valence-electron chi connectivity index (χ0n) is 12.1. The Morgan fingerprint density at radius 1 is 1.15 bits per heavy atom. The van der Waals surface area contributed by atoms with Crippen molar-refractivity contribution in [1.29, 1.82) is 0 Å². The van der Waals surface area contributed by atoms with Crippen LogP contribution >= 0.6 is 0 Å². The minimum absolute atomic E-state index is 0.187. The SMILES string of the molecule is O=C(CCCCO)N1CCC(Cc2ccccc2)CC1. The molecular weight excluding hydrogens is 250 g/mol. The van der Waals surface area contributed by atoms with Gasteiger partial charge >= 0.3 is 0 Å². The highest BCUT2D eigenvalue weighted by molar-refractivity contribution is 5.76. The lowest BCUT2D eigenvalue weighted by atomic mass is 9.90. The summed E-state index contributed by atoms with van der Waals surface area (Å²) in [6, 6.07) is 10.6. The lowest BCUT2D eigenvalue weighted by Crippen LogP contribution is -2.38. The largest absolute Gasteiger partial charge is 0.396 e. The summed E-state index contributed by atoms with van der Waals surface area (Å²) in [4.78, 5) is 14.0. The lowest BCUT2D eigenvalue weighted by molar-refractivity contribution is -0.132. The maximum atomic E-state index is 12.0. The minimum Gasteiger partial charge on any atom is -0.396 e. The van der Waals surface area contributed by atoms with Gasteiger partial charge < -0.3 is 10.0 Å². The van der Waals surface area contributed by atoms with Crippen LogP contribution < -0.4 is 0 Å². The maximum absolute atomic E-state index is 12.0. The fraction of sp³-hybridized carbons (Fsp3) is 0.588. The highest BCUT2D eigenvalue weighted by Crippen LogP contribution is 2.22. The second-order valence-electron chi connectivity index (χ2n) is 5.69. The fourth-order valence-electron chi connectivity index (χ4n) is 2.88. The molecule has 1 fully saturated rings. The molecule has 0 bridgehead atoms. The Morgan fingerprint density at radius 3 is 2.50 bits per heavy atom. The van der Waals surface area contributed by atoms with Crippen LogP contribution in [0.4, 0.5) is 0 Å². The van der Waals surface area contributed by atoms with Crippen LogP contribution in [-0.4, -0.2) is 35.6 Å². The van der Waals surface area contributed by atoms with E-state index in [1.807, 2.05) is 4.90 Å². The number of carbonyl (C=O) groups is 1. The number of piperidine rings is 1. The van der Waals surface area contributed by atoms with E-state index in [1.165, 1.54) is 5.56 Å². The average Bonchev–Trinajstić information content (AvgIpc) is 2.49. The van der Waals surface area contributed by atoms with Crippen molar-refractivity contribution < 1.29 is 9.90 Å². The Hall–Kier alpha value is -1.35. The van der Waals surface area contributed by atoms with Gasteiger partial charge in [0.2, 0.25) is 5.91 Å². The molecule has 1 amide bonds. The molecule has 110 valence electrons. The highest BCUT2D eigenvalue weighted by Gasteiger charge is 2.22. The van der Waals surface area contributed by atoms with Crippen LogP contribution in [0.5, 0.6) is 0 Å². The molecule has 1 aromatic rings. The van der Waals surface area contributed by atoms with Gasteiger partial charge in [0.1, 0.15) is 0 Å². The molecule has 0 aliphatic carbocycles. The normalized spacial score (nSPS) is 16.4. The number of hydrogen-bond donors (Lipinski definition) is 1. The number of rotatable bonds is 6. The van der Waals surface area contributed by atoms with E-state index in [2.05, 4.69) is 30.3 Å². The van der Waals surface area contributed by atoms with Crippen LogP contribution in [0, 0.1) is 5.92 Å². The molecule has 1 N–H and O–H groups in total. The summed E-state index contributed by atoms with van der Waals surface area (Å²) in [5.74, 6) is 0.968. The van der Waals surface area contributed by atoms with Gasteiger partial charge in [-0.05, 0) is 43.6 Å². The van der Waals surface area contributed by atoms with Gasteiger partial charge in [-0.2, -0.15) is 0 Å². The standard InChI is InChI=1S/C17H25NO2/c19-13-5-4-8-17(20)18-11-9-16(10-12-18)14-15-6-2-1-3-7-15/h1-3,6-7,16,19H,4-5,8-14H2. The molecule has 1 saturated heterocycles. The summed E-state index contributed by atoms with van der Waals surface area (Å²) >= 11 is 0. The molecule has 2 rings (SSSR count). The third-order valence-corrected chi connectivity index (χ3v) is 4.13. The number of aliphatic hydroxyl groups excluding tert-OH is 1. The van der Waals surface area contributed by atoms with Crippen LogP contribution in [0.1, 0.15) is 37.7 Å². The second-order valence-corrected chi connectivity index (χ2v) is 5.69. The van der Waals surface area contributed by atoms with E-state index in [0.29, 0.717) is 12.3 Å². The molecule has 1 aliphatic heterocycles. The van der Waals surface area contributed by atoms with E-state index < -0.39 is 0 Å². The van der Waals surface area contributed by atoms with Gasteiger partial charge in [0, 0.05) is 26.1 Å². The first-order valence-electron chi connectivity index (χ1n) is 7.72. The van der Waals surface area contributed by atoms with E-state index >= 15 is 0 Å². The zero-order chi connectivity index (χ0) is 14.2. The van der Waals surface area contributed by atoms with Crippen molar-refractivity contribution in [2.75, 3.05) is 19.7 Å². The van der Waals surface area contributed by atoms with Crippen molar-refractivity contribution >= 4 is 5.91 Å². The highest BCUT2D eigenvalue weighted by atomic mass is 16.3. The number of likely N-dealkylation sites (tertiary alicyclic amines) is 1. The quantitative estimate of drug-likeness (QED) is 0.811. The summed E-state index contributed by atoms with van der Waals surface area (Å²) in [6.45, 7) is 1.98. The van der Waals surface area contributed by atoms with Crippen LogP contribution in [0.15, 0.2) is 30.3 Å². The first-order valence-corrected chi connectivity index (χ1v) is 7.72. The molecule has 20 heavy (non-hydrogen) atoms. The zero-order valence-corrected chi connectivity index (χ0v) is 12.1. The predicted octanol–water partition coefficient (Wildman–Crippen LogP) is 2.63. The number of amides is 1. The van der Waals surface area contributed by atoms with Gasteiger partial charge in [0.25, 0.3) is 0 Å². The summed E-state index contributed by atoms with van der Waals surface area (Å²) in [5.41, 5.74) is 1.40. The van der Waals surface area contributed by atoms with Gasteiger partial charge in [-0.3, -0.25) is 4.79 Å². The third-order valence-electron chi connectivity index (χ3n) is 4.13. The Morgan fingerprint density at radius 2 is 1.85 bits per heavy atom. The number of unbranched alkanes of at least 4 members (excludes halogenated alkanes) is 1. The lowest BCUT2D eigenvalue weighted by Gasteiger charge is -2.32. The van der Waals surface area contributed by atoms with Crippen molar-refractivity contribution in [2.45, 2.75) is 38.5 Å². The molecule has 0 aromatic heterocycles. The molecular formula is C17H25NO2. The van der Waals surface area contributed by atoms with Crippen LogP contribution in [-0.2, 0) is 11.2 Å². The van der Waals surface area contributed by atoms with Crippen LogP contribution in [0.3, 0.4) is 0 Å². The molecule has 0 atom stereocenters. The van der Waals surface area contributed by atoms with Crippen molar-refractivity contribution in [3.05, 3.63) is 35.9 Å². The maximum Gasteiger partial charge on any atom is 0.222 e. The molecule has 0 spiro atoms. The average molecular weight is 275 g/mol. The van der Waals surface area contributed by atoms with E-state index in [9.17, 15) is 4.79 Å². The topological polar surface area (TPSA) is 40.5 Å². The number of carbonyl (C=O) groups excluding carboxylic acids is 1. The summed E-state index contributed by atoms with van der Waals surface area (Å²) < 4.78 is 0. The first kappa shape index (κ1) is 15.0. The van der Waals surface area contributed by atoms with Crippen molar-refractivity contribution in [1.82, 2.24) is 4.90 Å². The van der Waals surface area contributed by atoms with E-state index in [4.69, 9.17) is 5.11 Å². The van der Waals surface area contributed by atoms with E-state index in [0.717, 1.165) is 45.2 Å². The molecule has 1 aromatic carbocycles. The molecule has 3 heteroatoms. The fourth-order valence-corrected chi connectivity index (χ4v) is 2.88. The van der Waals surface area contributed by atoms with Crippen molar-refractivity contribution in [2.24, 2.45) is 5.92 Å². The summed E-state index contributed by atoms with van der Waals surface area (Å²) in [7, 11) is 0. The van der Waals surface area contributed by atoms with Gasteiger partial charge in [-0.25, -0.2) is 0 Å². The third kappa shape index (κ3) is 4.64. The summed E-state index contributed by atoms with van der Waals surface area (Å²) in [6.07, 6.45) is 5.48. The van der Waals surface area contributed by atoms with Crippen molar-refractivity contribution in [3.8, 4) is 0 Å². The van der Waals surface area contributed by atoms with E-state index in [1.54, 1.807) is 0 Å². The number of hydrogen-bond acceptors (Lipinski definition) is 2. The van der Waals surface area contributed by atoms with Gasteiger partial charge in [0.05, 0.1) is 0 Å². The Balaban J connectivity index is 1.71. The number of nitrogens with zero attached hydrogens (tertiary/aromatic N) is 1.